The zero-order chi connectivity index (χ0) is 15.9. The molecule has 1 atom stereocenters. The van der Waals surface area contributed by atoms with Gasteiger partial charge in [-0.15, -0.1) is 0 Å². The Morgan fingerprint density at radius 1 is 1.23 bits per heavy atom. The molecule has 1 aromatic carbocycles. The van der Waals surface area contributed by atoms with Crippen molar-refractivity contribution in [2.45, 2.75) is 26.8 Å². The van der Waals surface area contributed by atoms with Crippen molar-refractivity contribution in [3.63, 3.8) is 0 Å². The van der Waals surface area contributed by atoms with Gasteiger partial charge in [-0.1, -0.05) is 6.07 Å². The summed E-state index contributed by atoms with van der Waals surface area (Å²) in [6.07, 6.45) is 3.47. The van der Waals surface area contributed by atoms with E-state index in [-0.39, 0.29) is 11.8 Å². The first kappa shape index (κ1) is 16.0. The Morgan fingerprint density at radius 3 is 2.59 bits per heavy atom. The Kier molecular flexibility index (Phi) is 5.53. The molecule has 0 radical (unpaired) electrons. The number of benzene rings is 1. The number of hydrogen-bond donors (Lipinski definition) is 1. The number of pyridine rings is 1. The molecule has 116 valence electrons. The smallest absolute Gasteiger partial charge is 0.126 e. The van der Waals surface area contributed by atoms with Gasteiger partial charge < -0.3 is 10.0 Å². The Morgan fingerprint density at radius 2 is 2.00 bits per heavy atom. The van der Waals surface area contributed by atoms with Crippen molar-refractivity contribution >= 4 is 11.9 Å². The molecule has 0 aliphatic heterocycles. The van der Waals surface area contributed by atoms with Crippen LogP contribution in [-0.4, -0.2) is 29.4 Å². The minimum absolute atomic E-state index is 0.0388. The Bertz CT molecular complexity index is 621. The molecule has 0 aliphatic carbocycles. The maximum Gasteiger partial charge on any atom is 0.126 e. The third-order valence-electron chi connectivity index (χ3n) is 3.70. The molecular weight excluding hydrogens is 274 g/mol. The minimum Gasteiger partial charge on any atom is -0.507 e. The second-order valence-corrected chi connectivity index (χ2v) is 5.12. The molecule has 2 aromatic rings. The van der Waals surface area contributed by atoms with Crippen LogP contribution in [0.5, 0.6) is 5.75 Å². The summed E-state index contributed by atoms with van der Waals surface area (Å²) in [4.78, 5) is 11.0. The predicted molar refractivity (Wildman–Crippen MR) is 91.9 cm³/mol. The first-order valence-corrected chi connectivity index (χ1v) is 7.67. The highest BCUT2D eigenvalue weighted by atomic mass is 16.3. The van der Waals surface area contributed by atoms with E-state index >= 15 is 0 Å². The molecule has 0 aliphatic rings. The van der Waals surface area contributed by atoms with Crippen LogP contribution in [0, 0.1) is 0 Å². The highest BCUT2D eigenvalue weighted by Gasteiger charge is 2.07. The van der Waals surface area contributed by atoms with E-state index in [1.54, 1.807) is 18.5 Å². The average Bonchev–Trinajstić information content (AvgIpc) is 2.55. The third-order valence-corrected chi connectivity index (χ3v) is 3.70. The van der Waals surface area contributed by atoms with Gasteiger partial charge >= 0.3 is 0 Å². The van der Waals surface area contributed by atoms with Crippen LogP contribution in [0.15, 0.2) is 47.6 Å². The molecule has 0 fully saturated rings. The number of aromatic hydroxyl groups is 1. The number of aliphatic imine (C=N–C) groups is 1. The van der Waals surface area contributed by atoms with Gasteiger partial charge in [0.25, 0.3) is 0 Å². The SMILES string of the molecule is CCN(CC)c1ccc(C=N[C@@H](C)c2ccccn2)c(O)c1. The fourth-order valence-corrected chi connectivity index (χ4v) is 2.32. The molecule has 0 spiro atoms. The van der Waals surface area contributed by atoms with Crippen LogP contribution in [0.3, 0.4) is 0 Å². The van der Waals surface area contributed by atoms with E-state index in [0.717, 1.165) is 30.0 Å². The summed E-state index contributed by atoms with van der Waals surface area (Å²) < 4.78 is 0. The number of anilines is 1. The molecule has 22 heavy (non-hydrogen) atoms. The Balaban J connectivity index is 2.15. The second kappa shape index (κ2) is 7.59. The highest BCUT2D eigenvalue weighted by molar-refractivity contribution is 5.84. The maximum absolute atomic E-state index is 10.2. The largest absolute Gasteiger partial charge is 0.507 e. The van der Waals surface area contributed by atoms with Crippen molar-refractivity contribution in [1.82, 2.24) is 4.98 Å². The molecule has 0 saturated heterocycles. The summed E-state index contributed by atoms with van der Waals surface area (Å²) in [5, 5.41) is 10.2. The van der Waals surface area contributed by atoms with E-state index in [4.69, 9.17) is 0 Å². The van der Waals surface area contributed by atoms with E-state index in [0.29, 0.717) is 0 Å². The normalized spacial score (nSPS) is 12.5. The predicted octanol–water partition coefficient (Wildman–Crippen LogP) is 3.81. The van der Waals surface area contributed by atoms with Gasteiger partial charge in [0.2, 0.25) is 0 Å². The van der Waals surface area contributed by atoms with Crippen LogP contribution in [0.1, 0.15) is 38.1 Å². The van der Waals surface area contributed by atoms with Crippen LogP contribution in [0.2, 0.25) is 0 Å². The first-order valence-electron chi connectivity index (χ1n) is 7.67. The van der Waals surface area contributed by atoms with Gasteiger partial charge in [-0.05, 0) is 45.0 Å². The second-order valence-electron chi connectivity index (χ2n) is 5.12. The summed E-state index contributed by atoms with van der Waals surface area (Å²) in [5.41, 5.74) is 2.66. The lowest BCUT2D eigenvalue weighted by Crippen LogP contribution is -2.21. The molecule has 4 nitrogen and oxygen atoms in total. The summed E-state index contributed by atoms with van der Waals surface area (Å²) in [6.45, 7) is 8.02. The average molecular weight is 297 g/mol. The quantitative estimate of drug-likeness (QED) is 0.825. The lowest BCUT2D eigenvalue weighted by atomic mass is 10.1. The number of hydrogen-bond acceptors (Lipinski definition) is 4. The molecule has 1 N–H and O–H groups in total. The summed E-state index contributed by atoms with van der Waals surface area (Å²) in [5.74, 6) is 0.251. The lowest BCUT2D eigenvalue weighted by molar-refractivity contribution is 0.474. The van der Waals surface area contributed by atoms with E-state index < -0.39 is 0 Å². The number of phenols is 1. The molecule has 0 unspecified atom stereocenters. The van der Waals surface area contributed by atoms with E-state index in [9.17, 15) is 5.11 Å². The number of rotatable bonds is 6. The number of aromatic nitrogens is 1. The van der Waals surface area contributed by atoms with Gasteiger partial charge in [0.15, 0.2) is 0 Å². The van der Waals surface area contributed by atoms with Gasteiger partial charge in [-0.3, -0.25) is 9.98 Å². The van der Waals surface area contributed by atoms with Gasteiger partial charge in [0, 0.05) is 42.8 Å². The van der Waals surface area contributed by atoms with Crippen molar-refractivity contribution in [1.29, 1.82) is 0 Å². The zero-order valence-corrected chi connectivity index (χ0v) is 13.4. The zero-order valence-electron chi connectivity index (χ0n) is 13.4. The van der Waals surface area contributed by atoms with Crippen molar-refractivity contribution in [3.05, 3.63) is 53.9 Å². The number of nitrogens with zero attached hydrogens (tertiary/aromatic N) is 3. The van der Waals surface area contributed by atoms with E-state index in [1.807, 2.05) is 37.3 Å². The van der Waals surface area contributed by atoms with Crippen LogP contribution < -0.4 is 4.90 Å². The number of phenolic OH excluding ortho intramolecular Hbond substituents is 1. The topological polar surface area (TPSA) is 48.7 Å². The molecule has 0 amide bonds. The van der Waals surface area contributed by atoms with Crippen LogP contribution in [0.25, 0.3) is 0 Å². The Labute approximate surface area is 132 Å². The summed E-state index contributed by atoms with van der Waals surface area (Å²) in [7, 11) is 0. The van der Waals surface area contributed by atoms with Crippen molar-refractivity contribution < 1.29 is 5.11 Å². The molecule has 1 heterocycles. The van der Waals surface area contributed by atoms with Gasteiger partial charge in [0.05, 0.1) is 11.7 Å². The molecule has 1 aromatic heterocycles. The van der Waals surface area contributed by atoms with Crippen LogP contribution in [0.4, 0.5) is 5.69 Å². The van der Waals surface area contributed by atoms with Gasteiger partial charge in [-0.25, -0.2) is 0 Å². The summed E-state index contributed by atoms with van der Waals surface area (Å²) in [6, 6.07) is 11.5. The molecular formula is C18H23N3O. The fourth-order valence-electron chi connectivity index (χ4n) is 2.32. The van der Waals surface area contributed by atoms with E-state index in [1.165, 1.54) is 0 Å². The van der Waals surface area contributed by atoms with Crippen LogP contribution >= 0.6 is 0 Å². The lowest BCUT2D eigenvalue weighted by Gasteiger charge is -2.21. The van der Waals surface area contributed by atoms with Crippen molar-refractivity contribution in [2.75, 3.05) is 18.0 Å². The fraction of sp³-hybridized carbons (Fsp3) is 0.333. The first-order chi connectivity index (χ1) is 10.7. The van der Waals surface area contributed by atoms with Crippen molar-refractivity contribution in [3.8, 4) is 5.75 Å². The monoisotopic (exact) mass is 297 g/mol. The molecule has 4 heteroatoms. The molecule has 0 saturated carbocycles. The molecule has 0 bridgehead atoms. The highest BCUT2D eigenvalue weighted by Crippen LogP contribution is 2.24. The third kappa shape index (κ3) is 3.85. The molecule has 2 rings (SSSR count). The van der Waals surface area contributed by atoms with Gasteiger partial charge in [0.1, 0.15) is 5.75 Å². The Hall–Kier alpha value is -2.36. The van der Waals surface area contributed by atoms with E-state index in [2.05, 4.69) is 28.7 Å². The maximum atomic E-state index is 10.2. The van der Waals surface area contributed by atoms with Gasteiger partial charge in [-0.2, -0.15) is 0 Å². The van der Waals surface area contributed by atoms with Crippen molar-refractivity contribution in [2.24, 2.45) is 4.99 Å². The minimum atomic E-state index is -0.0388. The van der Waals surface area contributed by atoms with Crippen LogP contribution in [-0.2, 0) is 0 Å². The summed E-state index contributed by atoms with van der Waals surface area (Å²) >= 11 is 0. The standard InChI is InChI=1S/C18H23N3O/c1-4-21(5-2)16-10-9-15(18(22)12-16)13-20-14(3)17-8-6-7-11-19-17/h6-14,22H,4-5H2,1-3H3/t14-/m0/s1.